The number of hydrogen-bond acceptors (Lipinski definition) is 2. The molecule has 4 rings (SSSR count). The van der Waals surface area contributed by atoms with Gasteiger partial charge >= 0.3 is 0 Å². The molecule has 1 saturated carbocycles. The minimum Gasteiger partial charge on any atom is -0.338 e. The van der Waals surface area contributed by atoms with Crippen LogP contribution in [0.2, 0.25) is 5.02 Å². The Morgan fingerprint density at radius 3 is 2.22 bits per heavy atom. The normalized spacial score (nSPS) is 26.8. The average Bonchev–Trinajstić information content (AvgIpc) is 3.10. The molecule has 1 amide bonds. The third kappa shape index (κ3) is 4.02. The van der Waals surface area contributed by atoms with E-state index in [2.05, 4.69) is 16.7 Å². The summed E-state index contributed by atoms with van der Waals surface area (Å²) in [5.74, 6) is 1.47. The largest absolute Gasteiger partial charge is 0.338 e. The van der Waals surface area contributed by atoms with Crippen LogP contribution in [0.25, 0.3) is 0 Å². The molecule has 1 aromatic carbocycles. The molecule has 0 radical (unpaired) electrons. The Labute approximate surface area is 174 Å². The SMILES string of the molecule is CCCCN1CC2CN(C(=O)c3ccc(Cl)cc3)CC(C1)C21CCCC1.Cl. The van der Waals surface area contributed by atoms with E-state index in [-0.39, 0.29) is 18.3 Å². The molecule has 3 nitrogen and oxygen atoms in total. The second-order valence-electron chi connectivity index (χ2n) is 8.66. The zero-order chi connectivity index (χ0) is 18.1. The number of carbonyl (C=O) groups is 1. The Morgan fingerprint density at radius 1 is 1.07 bits per heavy atom. The molecule has 3 aliphatic rings. The van der Waals surface area contributed by atoms with E-state index < -0.39 is 0 Å². The number of nitrogens with zero attached hydrogens (tertiary/aromatic N) is 2. The van der Waals surface area contributed by atoms with Crippen molar-refractivity contribution in [3.05, 3.63) is 34.9 Å². The summed E-state index contributed by atoms with van der Waals surface area (Å²) >= 11 is 5.99. The van der Waals surface area contributed by atoms with Crippen LogP contribution in [0.4, 0.5) is 0 Å². The van der Waals surface area contributed by atoms with Crippen molar-refractivity contribution in [2.75, 3.05) is 32.7 Å². The van der Waals surface area contributed by atoms with Crippen LogP contribution in [0, 0.1) is 17.3 Å². The molecule has 150 valence electrons. The van der Waals surface area contributed by atoms with E-state index in [0.717, 1.165) is 18.7 Å². The summed E-state index contributed by atoms with van der Waals surface area (Å²) in [5, 5.41) is 0.688. The van der Waals surface area contributed by atoms with Gasteiger partial charge in [0.05, 0.1) is 0 Å². The van der Waals surface area contributed by atoms with E-state index in [1.54, 1.807) is 0 Å². The third-order valence-electron chi connectivity index (χ3n) is 7.21. The summed E-state index contributed by atoms with van der Waals surface area (Å²) in [4.78, 5) is 17.9. The van der Waals surface area contributed by atoms with Gasteiger partial charge in [0.1, 0.15) is 0 Å². The van der Waals surface area contributed by atoms with Gasteiger partial charge in [0.25, 0.3) is 5.91 Å². The standard InChI is InChI=1S/C22H31ClN2O.ClH/c1-2-3-12-24-13-18-15-25(21(26)17-6-8-20(23)9-7-17)16-19(14-24)22(18)10-4-5-11-22;/h6-9,18-19H,2-5,10-16H2,1H3;1H. The van der Waals surface area contributed by atoms with Crippen molar-refractivity contribution < 1.29 is 4.79 Å². The smallest absolute Gasteiger partial charge is 0.253 e. The lowest BCUT2D eigenvalue weighted by atomic mass is 9.60. The van der Waals surface area contributed by atoms with Gasteiger partial charge in [0.2, 0.25) is 0 Å². The first-order valence-electron chi connectivity index (χ1n) is 10.4. The number of piperidine rings is 2. The lowest BCUT2D eigenvalue weighted by molar-refractivity contribution is -0.0795. The zero-order valence-corrected chi connectivity index (χ0v) is 17.9. The van der Waals surface area contributed by atoms with Crippen molar-refractivity contribution in [3.8, 4) is 0 Å². The molecule has 27 heavy (non-hydrogen) atoms. The predicted octanol–water partition coefficient (Wildman–Crippen LogP) is 5.13. The summed E-state index contributed by atoms with van der Waals surface area (Å²) in [7, 11) is 0. The number of likely N-dealkylation sites (tertiary alicyclic amines) is 2. The van der Waals surface area contributed by atoms with Gasteiger partial charge in [0, 0.05) is 36.8 Å². The summed E-state index contributed by atoms with van der Waals surface area (Å²) < 4.78 is 0. The second kappa shape index (κ2) is 8.71. The lowest BCUT2D eigenvalue weighted by Crippen LogP contribution is -2.63. The third-order valence-corrected chi connectivity index (χ3v) is 7.46. The second-order valence-corrected chi connectivity index (χ2v) is 9.10. The Balaban J connectivity index is 0.00000210. The fourth-order valence-electron chi connectivity index (χ4n) is 5.84. The predicted molar refractivity (Wildman–Crippen MR) is 114 cm³/mol. The van der Waals surface area contributed by atoms with Crippen molar-refractivity contribution in [3.63, 3.8) is 0 Å². The van der Waals surface area contributed by atoms with Crippen molar-refractivity contribution in [2.45, 2.75) is 45.4 Å². The molecule has 2 unspecified atom stereocenters. The molecule has 0 N–H and O–H groups in total. The molecular weight excluding hydrogens is 379 g/mol. The number of benzene rings is 1. The number of rotatable bonds is 4. The van der Waals surface area contributed by atoms with E-state index >= 15 is 0 Å². The van der Waals surface area contributed by atoms with Gasteiger partial charge < -0.3 is 9.80 Å². The number of amides is 1. The van der Waals surface area contributed by atoms with Crippen LogP contribution in [0.1, 0.15) is 55.8 Å². The Bertz CT molecular complexity index is 624. The van der Waals surface area contributed by atoms with Crippen LogP contribution >= 0.6 is 24.0 Å². The fraction of sp³-hybridized carbons (Fsp3) is 0.682. The highest BCUT2D eigenvalue weighted by Gasteiger charge is 2.54. The van der Waals surface area contributed by atoms with Crippen molar-refractivity contribution >= 4 is 29.9 Å². The van der Waals surface area contributed by atoms with E-state index in [1.165, 1.54) is 58.2 Å². The first-order valence-corrected chi connectivity index (χ1v) is 10.8. The Hall–Kier alpha value is -0.770. The van der Waals surface area contributed by atoms with Crippen LogP contribution in [-0.4, -0.2) is 48.4 Å². The van der Waals surface area contributed by atoms with Crippen molar-refractivity contribution in [1.29, 1.82) is 0 Å². The summed E-state index contributed by atoms with van der Waals surface area (Å²) in [6, 6.07) is 7.39. The van der Waals surface area contributed by atoms with Gasteiger partial charge in [0.15, 0.2) is 0 Å². The summed E-state index contributed by atoms with van der Waals surface area (Å²) in [6.07, 6.45) is 8.08. The minimum atomic E-state index is 0. The molecular formula is C22H32Cl2N2O. The quantitative estimate of drug-likeness (QED) is 0.686. The van der Waals surface area contributed by atoms with Gasteiger partial charge in [-0.1, -0.05) is 37.8 Å². The van der Waals surface area contributed by atoms with Gasteiger partial charge in [-0.25, -0.2) is 0 Å². The number of hydrogen-bond donors (Lipinski definition) is 0. The van der Waals surface area contributed by atoms with Crippen molar-refractivity contribution in [1.82, 2.24) is 9.80 Å². The van der Waals surface area contributed by atoms with E-state index in [0.29, 0.717) is 22.3 Å². The van der Waals surface area contributed by atoms with Crippen LogP contribution in [-0.2, 0) is 0 Å². The van der Waals surface area contributed by atoms with Gasteiger partial charge in [-0.05, 0) is 67.3 Å². The molecule has 3 fully saturated rings. The molecule has 2 aliphatic heterocycles. The van der Waals surface area contributed by atoms with Crippen LogP contribution in [0.15, 0.2) is 24.3 Å². The topological polar surface area (TPSA) is 23.6 Å². The lowest BCUT2D eigenvalue weighted by Gasteiger charge is -2.57. The summed E-state index contributed by atoms with van der Waals surface area (Å²) in [6.45, 7) is 7.73. The number of unbranched alkanes of at least 4 members (excludes halogenated alkanes) is 1. The Kier molecular flexibility index (Phi) is 6.76. The Morgan fingerprint density at radius 2 is 1.67 bits per heavy atom. The van der Waals surface area contributed by atoms with Gasteiger partial charge in [-0.3, -0.25) is 4.79 Å². The van der Waals surface area contributed by atoms with Crippen molar-refractivity contribution in [2.24, 2.45) is 17.3 Å². The van der Waals surface area contributed by atoms with Gasteiger partial charge in [-0.15, -0.1) is 12.4 Å². The van der Waals surface area contributed by atoms with E-state index in [4.69, 9.17) is 11.6 Å². The molecule has 1 spiro atoms. The molecule has 0 aromatic heterocycles. The van der Waals surface area contributed by atoms with E-state index in [9.17, 15) is 4.79 Å². The highest BCUT2D eigenvalue weighted by Crippen LogP contribution is 2.55. The summed E-state index contributed by atoms with van der Waals surface area (Å²) in [5.41, 5.74) is 1.29. The maximum absolute atomic E-state index is 13.1. The average molecular weight is 411 g/mol. The molecule has 2 saturated heterocycles. The van der Waals surface area contributed by atoms with E-state index in [1.807, 2.05) is 24.3 Å². The fourth-order valence-corrected chi connectivity index (χ4v) is 5.96. The molecule has 5 heteroatoms. The first kappa shape index (κ1) is 21.0. The monoisotopic (exact) mass is 410 g/mol. The van der Waals surface area contributed by atoms with Crippen LogP contribution in [0.5, 0.6) is 0 Å². The molecule has 2 heterocycles. The molecule has 2 bridgehead atoms. The maximum atomic E-state index is 13.1. The minimum absolute atomic E-state index is 0. The highest BCUT2D eigenvalue weighted by atomic mass is 35.5. The molecule has 1 aromatic rings. The zero-order valence-electron chi connectivity index (χ0n) is 16.3. The highest BCUT2D eigenvalue weighted by molar-refractivity contribution is 6.30. The van der Waals surface area contributed by atoms with Crippen LogP contribution < -0.4 is 0 Å². The number of halogens is 2. The maximum Gasteiger partial charge on any atom is 0.253 e. The first-order chi connectivity index (χ1) is 12.6. The molecule has 2 atom stereocenters. The molecule has 1 aliphatic carbocycles. The van der Waals surface area contributed by atoms with Crippen LogP contribution in [0.3, 0.4) is 0 Å². The van der Waals surface area contributed by atoms with Gasteiger partial charge in [-0.2, -0.15) is 0 Å². The number of carbonyl (C=O) groups excluding carboxylic acids is 1.